The first-order valence-corrected chi connectivity index (χ1v) is 11.1. The monoisotopic (exact) mass is 406 g/mol. The molecule has 0 bridgehead atoms. The van der Waals surface area contributed by atoms with Gasteiger partial charge in [0.05, 0.1) is 23.8 Å². The molecule has 4 rings (SSSR count). The van der Waals surface area contributed by atoms with Crippen molar-refractivity contribution in [3.05, 3.63) is 22.8 Å². The van der Waals surface area contributed by atoms with Crippen LogP contribution in [0.2, 0.25) is 5.02 Å². The molecule has 7 heteroatoms. The van der Waals surface area contributed by atoms with Gasteiger partial charge in [-0.15, -0.1) is 0 Å². The molecule has 6 nitrogen and oxygen atoms in total. The van der Waals surface area contributed by atoms with Crippen molar-refractivity contribution >= 4 is 23.3 Å². The second-order valence-electron chi connectivity index (χ2n) is 8.33. The Bertz CT molecular complexity index is 666. The summed E-state index contributed by atoms with van der Waals surface area (Å²) < 4.78 is 5.31. The first kappa shape index (κ1) is 19.9. The van der Waals surface area contributed by atoms with Gasteiger partial charge in [0, 0.05) is 45.0 Å². The zero-order valence-corrected chi connectivity index (χ0v) is 17.3. The van der Waals surface area contributed by atoms with Crippen LogP contribution in [0.5, 0.6) is 0 Å². The summed E-state index contributed by atoms with van der Waals surface area (Å²) in [6.45, 7) is 5.96. The quantitative estimate of drug-likeness (QED) is 0.813. The Hall–Kier alpha value is -1.37. The molecule has 154 valence electrons. The topological polar surface area (TPSA) is 57.7 Å². The minimum atomic E-state index is -0.0236. The molecule has 0 spiro atoms. The second kappa shape index (κ2) is 9.42. The summed E-state index contributed by atoms with van der Waals surface area (Å²) in [6.07, 6.45) is 9.51. The van der Waals surface area contributed by atoms with Crippen molar-refractivity contribution in [3.8, 4) is 0 Å². The second-order valence-corrected chi connectivity index (χ2v) is 8.74. The van der Waals surface area contributed by atoms with Crippen molar-refractivity contribution in [1.29, 1.82) is 0 Å². The van der Waals surface area contributed by atoms with E-state index in [0.717, 1.165) is 31.8 Å². The molecule has 1 saturated carbocycles. The van der Waals surface area contributed by atoms with Crippen molar-refractivity contribution in [2.24, 2.45) is 5.92 Å². The number of ether oxygens (including phenoxy) is 1. The molecular formula is C21H31ClN4O2. The van der Waals surface area contributed by atoms with E-state index in [9.17, 15) is 4.79 Å². The lowest BCUT2D eigenvalue weighted by Crippen LogP contribution is -2.41. The first-order valence-electron chi connectivity index (χ1n) is 10.7. The fourth-order valence-electron chi connectivity index (χ4n) is 4.62. The van der Waals surface area contributed by atoms with Crippen LogP contribution in [0.1, 0.15) is 48.9 Å². The zero-order chi connectivity index (χ0) is 19.3. The Labute approximate surface area is 172 Å². The number of halogens is 1. The SMILES string of the molecule is O=C(c1cnc(NC2CCN(CC3CCCC3)CC2)c(Cl)c1)N1CCOCC1. The molecule has 1 aliphatic carbocycles. The minimum absolute atomic E-state index is 0.0236. The molecule has 0 unspecified atom stereocenters. The molecule has 3 fully saturated rings. The minimum Gasteiger partial charge on any atom is -0.378 e. The Morgan fingerprint density at radius 1 is 1.14 bits per heavy atom. The number of nitrogens with zero attached hydrogens (tertiary/aromatic N) is 3. The van der Waals surface area contributed by atoms with E-state index in [1.807, 2.05) is 0 Å². The van der Waals surface area contributed by atoms with Gasteiger partial charge in [0.25, 0.3) is 5.91 Å². The lowest BCUT2D eigenvalue weighted by Gasteiger charge is -2.34. The largest absolute Gasteiger partial charge is 0.378 e. The average molecular weight is 407 g/mol. The molecule has 1 aromatic heterocycles. The van der Waals surface area contributed by atoms with Gasteiger partial charge in [-0.2, -0.15) is 0 Å². The van der Waals surface area contributed by atoms with Gasteiger partial charge < -0.3 is 19.9 Å². The summed E-state index contributed by atoms with van der Waals surface area (Å²) >= 11 is 6.44. The van der Waals surface area contributed by atoms with Crippen LogP contribution in [0.25, 0.3) is 0 Å². The van der Waals surface area contributed by atoms with Gasteiger partial charge in [0.1, 0.15) is 5.82 Å². The number of carbonyl (C=O) groups excluding carboxylic acids is 1. The van der Waals surface area contributed by atoms with Crippen LogP contribution in [0, 0.1) is 5.92 Å². The third-order valence-electron chi connectivity index (χ3n) is 6.31. The Balaban J connectivity index is 1.28. The van der Waals surface area contributed by atoms with Crippen molar-refractivity contribution < 1.29 is 9.53 Å². The van der Waals surface area contributed by atoms with E-state index in [1.54, 1.807) is 17.2 Å². The number of amides is 1. The van der Waals surface area contributed by atoms with Gasteiger partial charge in [-0.3, -0.25) is 4.79 Å². The molecule has 2 aliphatic heterocycles. The molecule has 0 aromatic carbocycles. The van der Waals surface area contributed by atoms with E-state index in [-0.39, 0.29) is 5.91 Å². The molecule has 3 aliphatic rings. The third kappa shape index (κ3) is 4.97. The van der Waals surface area contributed by atoms with Crippen LogP contribution in [0.15, 0.2) is 12.3 Å². The van der Waals surface area contributed by atoms with E-state index >= 15 is 0 Å². The van der Waals surface area contributed by atoms with E-state index in [4.69, 9.17) is 16.3 Å². The normalized spacial score (nSPS) is 22.5. The molecule has 3 heterocycles. The van der Waals surface area contributed by atoms with Crippen LogP contribution in [-0.2, 0) is 4.74 Å². The van der Waals surface area contributed by atoms with Gasteiger partial charge in [0.15, 0.2) is 0 Å². The highest BCUT2D eigenvalue weighted by molar-refractivity contribution is 6.33. The molecule has 1 aromatic rings. The summed E-state index contributed by atoms with van der Waals surface area (Å²) in [4.78, 5) is 21.4. The Morgan fingerprint density at radius 2 is 1.86 bits per heavy atom. The van der Waals surface area contributed by atoms with Gasteiger partial charge in [0.2, 0.25) is 0 Å². The highest BCUT2D eigenvalue weighted by Crippen LogP contribution is 2.28. The maximum absolute atomic E-state index is 12.6. The lowest BCUT2D eigenvalue weighted by molar-refractivity contribution is 0.0302. The summed E-state index contributed by atoms with van der Waals surface area (Å²) in [5.41, 5.74) is 0.545. The average Bonchev–Trinajstić information content (AvgIpc) is 3.24. The molecule has 1 N–H and O–H groups in total. The maximum Gasteiger partial charge on any atom is 0.255 e. The molecule has 1 amide bonds. The number of aromatic nitrogens is 1. The van der Waals surface area contributed by atoms with Crippen molar-refractivity contribution in [1.82, 2.24) is 14.8 Å². The number of likely N-dealkylation sites (tertiary alicyclic amines) is 1. The number of pyridine rings is 1. The van der Waals surface area contributed by atoms with Crippen LogP contribution in [0.3, 0.4) is 0 Å². The number of rotatable bonds is 5. The highest BCUT2D eigenvalue weighted by atomic mass is 35.5. The molecule has 0 atom stereocenters. The fourth-order valence-corrected chi connectivity index (χ4v) is 4.84. The summed E-state index contributed by atoms with van der Waals surface area (Å²) in [7, 11) is 0. The van der Waals surface area contributed by atoms with Crippen LogP contribution in [0.4, 0.5) is 5.82 Å². The number of anilines is 1. The Kier molecular flexibility index (Phi) is 6.70. The maximum atomic E-state index is 12.6. The van der Waals surface area contributed by atoms with E-state index < -0.39 is 0 Å². The fraction of sp³-hybridized carbons (Fsp3) is 0.714. The number of hydrogen-bond acceptors (Lipinski definition) is 5. The van der Waals surface area contributed by atoms with Crippen LogP contribution >= 0.6 is 11.6 Å². The number of nitrogens with one attached hydrogen (secondary N) is 1. The summed E-state index contributed by atoms with van der Waals surface area (Å²) in [6, 6.07) is 2.13. The van der Waals surface area contributed by atoms with Gasteiger partial charge >= 0.3 is 0 Å². The number of hydrogen-bond donors (Lipinski definition) is 1. The molecule has 0 radical (unpaired) electrons. The molecule has 2 saturated heterocycles. The number of morpholine rings is 1. The van der Waals surface area contributed by atoms with Gasteiger partial charge in [-0.1, -0.05) is 24.4 Å². The Morgan fingerprint density at radius 3 is 2.54 bits per heavy atom. The highest BCUT2D eigenvalue weighted by Gasteiger charge is 2.24. The lowest BCUT2D eigenvalue weighted by atomic mass is 10.0. The zero-order valence-electron chi connectivity index (χ0n) is 16.5. The number of piperidine rings is 1. The van der Waals surface area contributed by atoms with E-state index in [1.165, 1.54) is 32.2 Å². The predicted molar refractivity (Wildman–Crippen MR) is 111 cm³/mol. The van der Waals surface area contributed by atoms with E-state index in [0.29, 0.717) is 48.7 Å². The van der Waals surface area contributed by atoms with Crippen molar-refractivity contribution in [3.63, 3.8) is 0 Å². The van der Waals surface area contributed by atoms with Gasteiger partial charge in [-0.05, 0) is 37.7 Å². The summed E-state index contributed by atoms with van der Waals surface area (Å²) in [5, 5.41) is 4.02. The standard InChI is InChI=1S/C21H31ClN4O2/c22-19-13-17(21(27)26-9-11-28-12-10-26)14-23-20(19)24-18-5-7-25(8-6-18)15-16-3-1-2-4-16/h13-14,16,18H,1-12,15H2,(H,23,24). The number of carbonyl (C=O) groups is 1. The summed E-state index contributed by atoms with van der Waals surface area (Å²) in [5.74, 6) is 1.58. The molecule has 28 heavy (non-hydrogen) atoms. The first-order chi connectivity index (χ1) is 13.7. The molecular weight excluding hydrogens is 376 g/mol. The van der Waals surface area contributed by atoms with Crippen LogP contribution in [-0.4, -0.2) is 72.7 Å². The van der Waals surface area contributed by atoms with Crippen molar-refractivity contribution in [2.45, 2.75) is 44.6 Å². The van der Waals surface area contributed by atoms with E-state index in [2.05, 4.69) is 15.2 Å². The van der Waals surface area contributed by atoms with Gasteiger partial charge in [-0.25, -0.2) is 4.98 Å². The predicted octanol–water partition coefficient (Wildman–Crippen LogP) is 3.27. The van der Waals surface area contributed by atoms with Crippen molar-refractivity contribution in [2.75, 3.05) is 51.3 Å². The third-order valence-corrected chi connectivity index (χ3v) is 6.59. The smallest absolute Gasteiger partial charge is 0.255 e. The van der Waals surface area contributed by atoms with Crippen LogP contribution < -0.4 is 5.32 Å².